The molecule has 3 heterocycles. The summed E-state index contributed by atoms with van der Waals surface area (Å²) in [5.41, 5.74) is 1.33. The number of thiophene rings is 2. The molecule has 0 spiro atoms. The van der Waals surface area contributed by atoms with Gasteiger partial charge in [0, 0.05) is 15.8 Å². The average molecular weight is 421 g/mol. The fraction of sp³-hybridized carbons (Fsp3) is 0. The third-order valence-electron chi connectivity index (χ3n) is 3.72. The molecule has 0 saturated heterocycles. The van der Waals surface area contributed by atoms with E-state index in [1.165, 1.54) is 17.4 Å². The molecule has 0 atom stereocenters. The van der Waals surface area contributed by atoms with Crippen molar-refractivity contribution in [1.29, 1.82) is 0 Å². The maximum absolute atomic E-state index is 12.6. The van der Waals surface area contributed by atoms with E-state index >= 15 is 0 Å². The van der Waals surface area contributed by atoms with E-state index in [0.717, 1.165) is 10.4 Å². The van der Waals surface area contributed by atoms with Crippen LogP contribution in [0.4, 0.5) is 0 Å². The van der Waals surface area contributed by atoms with E-state index in [-0.39, 0.29) is 27.2 Å². The van der Waals surface area contributed by atoms with Crippen LogP contribution in [0.25, 0.3) is 31.8 Å². The van der Waals surface area contributed by atoms with Gasteiger partial charge >= 0.3 is 0 Å². The maximum atomic E-state index is 12.6. The Hall–Kier alpha value is -2.12. The van der Waals surface area contributed by atoms with Crippen molar-refractivity contribution >= 4 is 67.2 Å². The molecule has 2 N–H and O–H groups in total. The van der Waals surface area contributed by atoms with Crippen LogP contribution in [0, 0.1) is 0 Å². The Bertz CT molecular complexity index is 1190. The highest BCUT2D eigenvalue weighted by molar-refractivity contribution is 7.18. The summed E-state index contributed by atoms with van der Waals surface area (Å²) in [6.07, 6.45) is 1.63. The number of phenolic OH excluding ortho intramolecular Hbond substituents is 1. The van der Waals surface area contributed by atoms with Crippen molar-refractivity contribution < 1.29 is 5.11 Å². The molecule has 8 heteroatoms. The molecule has 0 fully saturated rings. The van der Waals surface area contributed by atoms with Crippen molar-refractivity contribution in [3.63, 3.8) is 0 Å². The van der Waals surface area contributed by atoms with Gasteiger partial charge in [0.2, 0.25) is 0 Å². The number of hydrogen-bond donors (Lipinski definition) is 2. The van der Waals surface area contributed by atoms with Gasteiger partial charge in [-0.05, 0) is 35.2 Å². The molecule has 0 aliphatic heterocycles. The lowest BCUT2D eigenvalue weighted by Crippen LogP contribution is -2.10. The molecule has 0 aliphatic rings. The number of phenols is 1. The van der Waals surface area contributed by atoms with Crippen molar-refractivity contribution in [3.05, 3.63) is 67.9 Å². The van der Waals surface area contributed by atoms with Crippen LogP contribution >= 0.6 is 45.9 Å². The molecule has 26 heavy (non-hydrogen) atoms. The third-order valence-corrected chi connectivity index (χ3v) is 6.09. The van der Waals surface area contributed by atoms with E-state index in [1.54, 1.807) is 29.5 Å². The van der Waals surface area contributed by atoms with Gasteiger partial charge in [-0.2, -0.15) is 0 Å². The number of fused-ring (bicyclic) bond motifs is 1. The zero-order chi connectivity index (χ0) is 18.3. The van der Waals surface area contributed by atoms with Crippen LogP contribution in [-0.2, 0) is 0 Å². The molecule has 4 nitrogen and oxygen atoms in total. The molecule has 1 aromatic carbocycles. The van der Waals surface area contributed by atoms with Crippen LogP contribution in [0.2, 0.25) is 5.02 Å². The number of aromatic nitrogens is 2. The minimum Gasteiger partial charge on any atom is -0.506 e. The Morgan fingerprint density at radius 3 is 2.85 bits per heavy atom. The molecule has 0 unspecified atom stereocenters. The second-order valence-electron chi connectivity index (χ2n) is 5.42. The number of H-pyrrole nitrogens is 1. The summed E-state index contributed by atoms with van der Waals surface area (Å²) in [5.74, 6) is 0.278. The molecule has 4 aromatic rings. The first kappa shape index (κ1) is 17.3. The van der Waals surface area contributed by atoms with Crippen molar-refractivity contribution in [2.24, 2.45) is 0 Å². The number of aromatic amines is 1. The third kappa shape index (κ3) is 3.17. The number of benzene rings is 1. The summed E-state index contributed by atoms with van der Waals surface area (Å²) in [6, 6.07) is 8.64. The average Bonchev–Trinajstić information content (AvgIpc) is 3.27. The monoisotopic (exact) mass is 420 g/mol. The Labute approximate surface area is 166 Å². The Balaban J connectivity index is 1.79. The van der Waals surface area contributed by atoms with Gasteiger partial charge in [-0.15, -0.1) is 22.7 Å². The largest absolute Gasteiger partial charge is 0.506 e. The number of nitrogens with one attached hydrogen (secondary N) is 1. The van der Waals surface area contributed by atoms with Crippen molar-refractivity contribution in [1.82, 2.24) is 9.97 Å². The zero-order valence-corrected chi connectivity index (χ0v) is 16.1. The van der Waals surface area contributed by atoms with Crippen molar-refractivity contribution in [2.75, 3.05) is 0 Å². The standard InChI is InChI=1S/C18H10Cl2N2O2S2/c19-11-6-9(3-4-13(11)23)7-12(20)16-21-17(24)15-10(8-26-18(15)22-16)14-2-1-5-25-14/h1-8,23H,(H,21,22,24)/b12-7+. The topological polar surface area (TPSA) is 66.0 Å². The van der Waals surface area contributed by atoms with Crippen LogP contribution in [-0.4, -0.2) is 15.1 Å². The molecule has 130 valence electrons. The fourth-order valence-electron chi connectivity index (χ4n) is 2.50. The van der Waals surface area contributed by atoms with Gasteiger partial charge in [-0.25, -0.2) is 4.98 Å². The second kappa shape index (κ2) is 6.89. The molecule has 0 radical (unpaired) electrons. The molecule has 0 aliphatic carbocycles. The van der Waals surface area contributed by atoms with E-state index in [9.17, 15) is 9.90 Å². The van der Waals surface area contributed by atoms with Crippen LogP contribution < -0.4 is 5.56 Å². The minimum atomic E-state index is -0.232. The number of aromatic hydroxyl groups is 1. The highest BCUT2D eigenvalue weighted by atomic mass is 35.5. The highest BCUT2D eigenvalue weighted by Gasteiger charge is 2.14. The van der Waals surface area contributed by atoms with Crippen LogP contribution in [0.1, 0.15) is 11.4 Å². The van der Waals surface area contributed by atoms with Gasteiger partial charge < -0.3 is 10.1 Å². The van der Waals surface area contributed by atoms with E-state index in [1.807, 2.05) is 22.9 Å². The fourth-order valence-corrected chi connectivity index (χ4v) is 4.67. The van der Waals surface area contributed by atoms with Gasteiger partial charge in [0.15, 0.2) is 5.82 Å². The predicted octanol–water partition coefficient (Wildman–Crippen LogP) is 5.81. The van der Waals surface area contributed by atoms with Gasteiger partial charge in [0.1, 0.15) is 10.6 Å². The molecule has 4 rings (SSSR count). The summed E-state index contributed by atoms with van der Waals surface area (Å²) < 4.78 is 0. The molecule has 0 saturated carbocycles. The van der Waals surface area contributed by atoms with Crippen LogP contribution in [0.5, 0.6) is 5.75 Å². The zero-order valence-electron chi connectivity index (χ0n) is 13.0. The minimum absolute atomic E-state index is 0.00687. The second-order valence-corrected chi connectivity index (χ2v) is 8.04. The number of halogens is 2. The molecular weight excluding hydrogens is 411 g/mol. The summed E-state index contributed by atoms with van der Waals surface area (Å²) in [5, 5.41) is 14.5. The van der Waals surface area contributed by atoms with Crippen molar-refractivity contribution in [2.45, 2.75) is 0 Å². The molecule has 0 bridgehead atoms. The number of hydrogen-bond acceptors (Lipinski definition) is 5. The summed E-state index contributed by atoms with van der Waals surface area (Å²) in [6.45, 7) is 0. The van der Waals surface area contributed by atoms with Gasteiger partial charge in [0.25, 0.3) is 5.56 Å². The van der Waals surface area contributed by atoms with Gasteiger partial charge in [0.05, 0.1) is 15.4 Å². The van der Waals surface area contributed by atoms with E-state index in [4.69, 9.17) is 23.2 Å². The first-order valence-electron chi connectivity index (χ1n) is 7.44. The normalized spacial score (nSPS) is 12.0. The predicted molar refractivity (Wildman–Crippen MR) is 110 cm³/mol. The smallest absolute Gasteiger partial charge is 0.260 e. The highest BCUT2D eigenvalue weighted by Crippen LogP contribution is 2.34. The van der Waals surface area contributed by atoms with Gasteiger partial charge in [-0.1, -0.05) is 35.3 Å². The first-order chi connectivity index (χ1) is 12.5. The lowest BCUT2D eigenvalue weighted by Gasteiger charge is -2.02. The summed E-state index contributed by atoms with van der Waals surface area (Å²) in [7, 11) is 0. The lowest BCUT2D eigenvalue weighted by molar-refractivity contribution is 0.475. The van der Waals surface area contributed by atoms with Crippen molar-refractivity contribution in [3.8, 4) is 16.2 Å². The Morgan fingerprint density at radius 1 is 1.27 bits per heavy atom. The Morgan fingerprint density at radius 2 is 2.12 bits per heavy atom. The SMILES string of the molecule is O=c1[nH]c(/C(Cl)=C\c2ccc(O)c(Cl)c2)nc2scc(-c3cccs3)c12. The molecule has 3 aromatic heterocycles. The van der Waals surface area contributed by atoms with Crippen LogP contribution in [0.3, 0.4) is 0 Å². The number of nitrogens with zero attached hydrogens (tertiary/aromatic N) is 1. The summed E-state index contributed by atoms with van der Waals surface area (Å²) in [4.78, 5) is 21.5. The van der Waals surface area contributed by atoms with E-state index in [2.05, 4.69) is 9.97 Å². The summed E-state index contributed by atoms with van der Waals surface area (Å²) >= 11 is 15.2. The van der Waals surface area contributed by atoms with Gasteiger partial charge in [-0.3, -0.25) is 4.79 Å². The quantitative estimate of drug-likeness (QED) is 0.439. The first-order valence-corrected chi connectivity index (χ1v) is 9.96. The number of rotatable bonds is 3. The molecular formula is C18H10Cl2N2O2S2. The van der Waals surface area contributed by atoms with Crippen LogP contribution in [0.15, 0.2) is 45.9 Å². The maximum Gasteiger partial charge on any atom is 0.260 e. The van der Waals surface area contributed by atoms with E-state index < -0.39 is 0 Å². The van der Waals surface area contributed by atoms with E-state index in [0.29, 0.717) is 15.8 Å². The lowest BCUT2D eigenvalue weighted by atomic mass is 10.2. The molecule has 0 amide bonds. The Kier molecular flexibility index (Phi) is 4.58.